The Bertz CT molecular complexity index is 1770. The third-order valence-electron chi connectivity index (χ3n) is 5.87. The average Bonchev–Trinajstić information content (AvgIpc) is 3.35. The highest BCUT2D eigenvalue weighted by atomic mass is 79.9. The quantitative estimate of drug-likeness (QED) is 0.0884. The van der Waals surface area contributed by atoms with Crippen molar-refractivity contribution in [3.8, 4) is 22.9 Å². The average molecular weight is 642 g/mol. The van der Waals surface area contributed by atoms with Gasteiger partial charge in [0.05, 0.1) is 22.9 Å². The van der Waals surface area contributed by atoms with Gasteiger partial charge in [-0.1, -0.05) is 74.3 Å². The van der Waals surface area contributed by atoms with Gasteiger partial charge in [0, 0.05) is 25.5 Å². The highest BCUT2D eigenvalue weighted by molar-refractivity contribution is 9.10. The van der Waals surface area contributed by atoms with Gasteiger partial charge in [-0.3, -0.25) is 4.79 Å². The lowest BCUT2D eigenvalue weighted by Crippen LogP contribution is -2.19. The number of H-pyrrole nitrogens is 1. The molecule has 39 heavy (non-hydrogen) atoms. The van der Waals surface area contributed by atoms with Gasteiger partial charge in [0.25, 0.3) is 5.91 Å². The van der Waals surface area contributed by atoms with E-state index in [1.54, 1.807) is 54.6 Å². The summed E-state index contributed by atoms with van der Waals surface area (Å²) in [5.41, 5.74) is 6.17. The standard InChI is InChI=1S/C30H18Br2N4O3/c31-22-11-9-19(10-12-22)30(38)39-25-14-13-23(32)15-21(25)17-34-36-29(37)28-26(18-5-2-1-3-6-18)24-8-4-7-20(16-33)27(24)35-28/h1-15,17,35H,(H,36,37). The van der Waals surface area contributed by atoms with E-state index in [9.17, 15) is 14.9 Å². The number of aromatic amines is 1. The molecule has 0 atom stereocenters. The summed E-state index contributed by atoms with van der Waals surface area (Å²) < 4.78 is 7.18. The number of rotatable bonds is 6. The second-order valence-electron chi connectivity index (χ2n) is 8.36. The number of nitrogens with zero attached hydrogens (tertiary/aromatic N) is 2. The van der Waals surface area contributed by atoms with Crippen molar-refractivity contribution in [3.63, 3.8) is 0 Å². The van der Waals surface area contributed by atoms with Crippen molar-refractivity contribution in [2.45, 2.75) is 0 Å². The lowest BCUT2D eigenvalue weighted by molar-refractivity contribution is 0.0734. The highest BCUT2D eigenvalue weighted by Crippen LogP contribution is 2.34. The van der Waals surface area contributed by atoms with Crippen molar-refractivity contribution in [2.75, 3.05) is 0 Å². The number of nitrogens with one attached hydrogen (secondary N) is 2. The van der Waals surface area contributed by atoms with E-state index < -0.39 is 11.9 Å². The summed E-state index contributed by atoms with van der Waals surface area (Å²) in [6.45, 7) is 0. The molecule has 1 heterocycles. The number of carbonyl (C=O) groups excluding carboxylic acids is 2. The van der Waals surface area contributed by atoms with Gasteiger partial charge in [0.2, 0.25) is 0 Å². The van der Waals surface area contributed by atoms with Gasteiger partial charge in [0.15, 0.2) is 0 Å². The Morgan fingerprint density at radius 2 is 1.67 bits per heavy atom. The fraction of sp³-hybridized carbons (Fsp3) is 0. The van der Waals surface area contributed by atoms with Crippen LogP contribution < -0.4 is 10.2 Å². The predicted molar refractivity (Wildman–Crippen MR) is 157 cm³/mol. The molecule has 1 amide bonds. The van der Waals surface area contributed by atoms with Crippen LogP contribution in [0.15, 0.2) is 105 Å². The van der Waals surface area contributed by atoms with Crippen LogP contribution in [0.2, 0.25) is 0 Å². The van der Waals surface area contributed by atoms with Crippen molar-refractivity contribution in [2.24, 2.45) is 5.10 Å². The minimum Gasteiger partial charge on any atom is -0.422 e. The lowest BCUT2D eigenvalue weighted by atomic mass is 10.0. The molecule has 5 aromatic rings. The molecule has 4 aromatic carbocycles. The van der Waals surface area contributed by atoms with Gasteiger partial charge in [-0.15, -0.1) is 0 Å². The van der Waals surface area contributed by atoms with E-state index in [-0.39, 0.29) is 11.4 Å². The zero-order valence-corrected chi connectivity index (χ0v) is 23.3. The van der Waals surface area contributed by atoms with Crippen LogP contribution in [-0.4, -0.2) is 23.1 Å². The number of aromatic nitrogens is 1. The zero-order valence-electron chi connectivity index (χ0n) is 20.1. The van der Waals surface area contributed by atoms with Gasteiger partial charge in [0.1, 0.15) is 17.5 Å². The van der Waals surface area contributed by atoms with Crippen LogP contribution in [0.1, 0.15) is 32.0 Å². The number of ether oxygens (including phenoxy) is 1. The first-order valence-corrected chi connectivity index (χ1v) is 13.2. The van der Waals surface area contributed by atoms with Crippen molar-refractivity contribution < 1.29 is 14.3 Å². The van der Waals surface area contributed by atoms with E-state index in [0.29, 0.717) is 27.8 Å². The van der Waals surface area contributed by atoms with E-state index in [1.165, 1.54) is 6.21 Å². The first-order valence-electron chi connectivity index (χ1n) is 11.7. The normalized spacial score (nSPS) is 10.9. The number of halogens is 2. The van der Waals surface area contributed by atoms with Crippen molar-refractivity contribution >= 4 is 60.9 Å². The number of hydrazone groups is 1. The van der Waals surface area contributed by atoms with Crippen molar-refractivity contribution in [1.82, 2.24) is 10.4 Å². The molecule has 0 unspecified atom stereocenters. The molecule has 0 saturated heterocycles. The molecule has 0 radical (unpaired) electrons. The van der Waals surface area contributed by atoms with E-state index in [4.69, 9.17) is 4.74 Å². The number of carbonyl (C=O) groups is 2. The maximum atomic E-state index is 13.3. The lowest BCUT2D eigenvalue weighted by Gasteiger charge is -2.08. The molecule has 0 bridgehead atoms. The largest absolute Gasteiger partial charge is 0.422 e. The summed E-state index contributed by atoms with van der Waals surface area (Å²) in [4.78, 5) is 29.1. The first kappa shape index (κ1) is 26.1. The van der Waals surface area contributed by atoms with Crippen molar-refractivity contribution in [3.05, 3.63) is 122 Å². The van der Waals surface area contributed by atoms with Gasteiger partial charge < -0.3 is 9.72 Å². The Labute approximate surface area is 240 Å². The molecular formula is C30H18Br2N4O3. The molecule has 9 heteroatoms. The number of para-hydroxylation sites is 1. The molecule has 1 aromatic heterocycles. The van der Waals surface area contributed by atoms with Crippen molar-refractivity contribution in [1.29, 1.82) is 5.26 Å². The predicted octanol–water partition coefficient (Wildman–Crippen LogP) is 7.21. The molecular weight excluding hydrogens is 624 g/mol. The van der Waals surface area contributed by atoms with E-state index in [2.05, 4.69) is 53.4 Å². The summed E-state index contributed by atoms with van der Waals surface area (Å²) in [5.74, 6) is -0.741. The van der Waals surface area contributed by atoms with Crippen LogP contribution >= 0.6 is 31.9 Å². The fourth-order valence-corrected chi connectivity index (χ4v) is 4.70. The van der Waals surface area contributed by atoms with Gasteiger partial charge in [-0.05, 0) is 54.1 Å². The molecule has 7 nitrogen and oxygen atoms in total. The second kappa shape index (κ2) is 11.5. The number of nitriles is 1. The summed E-state index contributed by atoms with van der Waals surface area (Å²) in [6, 6.07) is 28.9. The maximum Gasteiger partial charge on any atom is 0.343 e. The summed E-state index contributed by atoms with van der Waals surface area (Å²) in [5, 5.41) is 14.5. The zero-order chi connectivity index (χ0) is 27.4. The number of esters is 1. The smallest absolute Gasteiger partial charge is 0.343 e. The highest BCUT2D eigenvalue weighted by Gasteiger charge is 2.20. The van der Waals surface area contributed by atoms with Gasteiger partial charge in [-0.2, -0.15) is 10.4 Å². The molecule has 0 saturated carbocycles. The van der Waals surface area contributed by atoms with Gasteiger partial charge >= 0.3 is 5.97 Å². The Morgan fingerprint density at radius 3 is 2.41 bits per heavy atom. The maximum absolute atomic E-state index is 13.3. The van der Waals surface area contributed by atoms with Crippen LogP contribution in [0.4, 0.5) is 0 Å². The number of amides is 1. The van der Waals surface area contributed by atoms with Crippen LogP contribution in [0.5, 0.6) is 5.75 Å². The van der Waals surface area contributed by atoms with E-state index in [0.717, 1.165) is 19.9 Å². The second-order valence-corrected chi connectivity index (χ2v) is 10.2. The van der Waals surface area contributed by atoms with E-state index >= 15 is 0 Å². The fourth-order valence-electron chi connectivity index (χ4n) is 4.06. The Kier molecular flexibility index (Phi) is 7.68. The van der Waals surface area contributed by atoms with Crippen LogP contribution in [0.25, 0.3) is 22.0 Å². The first-order chi connectivity index (χ1) is 18.9. The molecule has 190 valence electrons. The van der Waals surface area contributed by atoms with Crippen LogP contribution in [0.3, 0.4) is 0 Å². The van der Waals surface area contributed by atoms with Crippen LogP contribution in [-0.2, 0) is 0 Å². The number of fused-ring (bicyclic) bond motifs is 1. The Balaban J connectivity index is 1.43. The third-order valence-corrected chi connectivity index (χ3v) is 6.89. The topological polar surface area (TPSA) is 107 Å². The number of hydrogen-bond acceptors (Lipinski definition) is 5. The molecule has 2 N–H and O–H groups in total. The summed E-state index contributed by atoms with van der Waals surface area (Å²) in [7, 11) is 0. The number of benzene rings is 4. The molecule has 0 aliphatic rings. The molecule has 5 rings (SSSR count). The third kappa shape index (κ3) is 5.67. The Morgan fingerprint density at radius 1 is 0.923 bits per heavy atom. The minimum absolute atomic E-state index is 0.271. The molecule has 0 aliphatic heterocycles. The molecule has 0 fully saturated rings. The summed E-state index contributed by atoms with van der Waals surface area (Å²) >= 11 is 6.76. The SMILES string of the molecule is N#Cc1cccc2c(-c3ccccc3)c(C(=O)NN=Cc3cc(Br)ccc3OC(=O)c3ccc(Br)cc3)[nH]c12. The Hall–Kier alpha value is -4.52. The van der Waals surface area contributed by atoms with Crippen LogP contribution in [0, 0.1) is 11.3 Å². The monoisotopic (exact) mass is 640 g/mol. The minimum atomic E-state index is -0.526. The molecule has 0 aliphatic carbocycles. The van der Waals surface area contributed by atoms with Gasteiger partial charge in [-0.25, -0.2) is 10.2 Å². The molecule has 0 spiro atoms. The number of hydrogen-bond donors (Lipinski definition) is 2. The van der Waals surface area contributed by atoms with E-state index in [1.807, 2.05) is 36.4 Å². The summed E-state index contributed by atoms with van der Waals surface area (Å²) in [6.07, 6.45) is 1.40.